The second-order valence-corrected chi connectivity index (χ2v) is 4.85. The van der Waals surface area contributed by atoms with Crippen LogP contribution in [-0.4, -0.2) is 4.99 Å². The lowest BCUT2D eigenvalue weighted by atomic mass is 10.2. The van der Waals surface area contributed by atoms with Gasteiger partial charge in [0.05, 0.1) is 5.02 Å². The van der Waals surface area contributed by atoms with Gasteiger partial charge in [0.15, 0.2) is 0 Å². The van der Waals surface area contributed by atoms with Crippen molar-refractivity contribution in [2.24, 2.45) is 5.73 Å². The molecule has 0 bridgehead atoms. The first-order valence-electron chi connectivity index (χ1n) is 5.64. The lowest BCUT2D eigenvalue weighted by molar-refractivity contribution is 0.298. The molecule has 2 N–H and O–H groups in total. The number of thiocarbonyl (C=S) groups is 1. The first-order chi connectivity index (χ1) is 9.49. The highest BCUT2D eigenvalue weighted by molar-refractivity contribution is 7.80. The van der Waals surface area contributed by atoms with Crippen molar-refractivity contribution >= 4 is 28.8 Å². The van der Waals surface area contributed by atoms with Crippen LogP contribution in [0.3, 0.4) is 0 Å². The van der Waals surface area contributed by atoms with Gasteiger partial charge in [-0.15, -0.1) is 0 Å². The van der Waals surface area contributed by atoms with Crippen LogP contribution < -0.4 is 10.5 Å². The van der Waals surface area contributed by atoms with E-state index in [1.807, 2.05) is 0 Å². The molecule has 0 aliphatic heterocycles. The average molecular weight is 314 g/mol. The topological polar surface area (TPSA) is 35.2 Å². The summed E-state index contributed by atoms with van der Waals surface area (Å²) < 4.78 is 32.6. The molecular weight excluding hydrogens is 304 g/mol. The fourth-order valence-corrected chi connectivity index (χ4v) is 1.97. The third-order valence-corrected chi connectivity index (χ3v) is 3.14. The molecule has 0 aliphatic rings. The van der Waals surface area contributed by atoms with E-state index in [0.717, 1.165) is 6.07 Å². The van der Waals surface area contributed by atoms with Gasteiger partial charge in [-0.25, -0.2) is 8.78 Å². The van der Waals surface area contributed by atoms with Crippen molar-refractivity contribution in [3.8, 4) is 5.75 Å². The lowest BCUT2D eigenvalue weighted by Crippen LogP contribution is -2.11. The summed E-state index contributed by atoms with van der Waals surface area (Å²) in [6.45, 7) is -0.0573. The van der Waals surface area contributed by atoms with E-state index in [-0.39, 0.29) is 33.5 Å². The minimum Gasteiger partial charge on any atom is -0.489 e. The average Bonchev–Trinajstić information content (AvgIpc) is 2.40. The van der Waals surface area contributed by atoms with Crippen LogP contribution in [0.15, 0.2) is 36.4 Å². The quantitative estimate of drug-likeness (QED) is 0.871. The molecule has 0 fully saturated rings. The molecule has 2 aromatic rings. The largest absolute Gasteiger partial charge is 0.489 e. The first-order valence-corrected chi connectivity index (χ1v) is 6.42. The minimum absolute atomic E-state index is 0.0149. The maximum Gasteiger partial charge on any atom is 0.148 e. The van der Waals surface area contributed by atoms with Crippen molar-refractivity contribution in [1.82, 2.24) is 0 Å². The van der Waals surface area contributed by atoms with Gasteiger partial charge in [0.2, 0.25) is 0 Å². The van der Waals surface area contributed by atoms with Gasteiger partial charge in [-0.1, -0.05) is 36.0 Å². The highest BCUT2D eigenvalue weighted by Crippen LogP contribution is 2.21. The van der Waals surface area contributed by atoms with Crippen molar-refractivity contribution < 1.29 is 13.5 Å². The minimum atomic E-state index is -0.582. The summed E-state index contributed by atoms with van der Waals surface area (Å²) in [6, 6.07) is 8.68. The first kappa shape index (κ1) is 14.7. The van der Waals surface area contributed by atoms with E-state index in [2.05, 4.69) is 0 Å². The van der Waals surface area contributed by atoms with E-state index >= 15 is 0 Å². The highest BCUT2D eigenvalue weighted by atomic mass is 35.5. The fraction of sp³-hybridized carbons (Fsp3) is 0.0714. The van der Waals surface area contributed by atoms with Gasteiger partial charge in [-0.3, -0.25) is 0 Å². The summed E-state index contributed by atoms with van der Waals surface area (Å²) in [5.41, 5.74) is 5.78. The van der Waals surface area contributed by atoms with E-state index < -0.39 is 11.6 Å². The zero-order valence-electron chi connectivity index (χ0n) is 10.2. The summed E-state index contributed by atoms with van der Waals surface area (Å²) in [4.78, 5) is -0.0325. The van der Waals surface area contributed by atoms with Crippen LogP contribution in [0.1, 0.15) is 11.1 Å². The summed E-state index contributed by atoms with van der Waals surface area (Å²) in [5.74, 6) is -0.877. The van der Waals surface area contributed by atoms with Crippen LogP contribution in [0, 0.1) is 11.6 Å². The Morgan fingerprint density at radius 3 is 2.65 bits per heavy atom. The molecule has 0 unspecified atom stereocenters. The van der Waals surface area contributed by atoms with Gasteiger partial charge >= 0.3 is 0 Å². The molecule has 0 saturated carbocycles. The van der Waals surface area contributed by atoms with E-state index in [1.165, 1.54) is 18.2 Å². The number of rotatable bonds is 4. The van der Waals surface area contributed by atoms with Crippen LogP contribution in [-0.2, 0) is 6.61 Å². The lowest BCUT2D eigenvalue weighted by Gasteiger charge is -2.09. The molecule has 6 heteroatoms. The Labute approximate surface area is 125 Å². The predicted octanol–water partition coefficient (Wildman–Crippen LogP) is 3.83. The van der Waals surface area contributed by atoms with Crippen molar-refractivity contribution in [2.45, 2.75) is 6.61 Å². The molecular formula is C14H10ClF2NOS. The molecule has 104 valence electrons. The zero-order valence-corrected chi connectivity index (χ0v) is 11.8. The van der Waals surface area contributed by atoms with Crippen molar-refractivity contribution in [3.05, 3.63) is 64.2 Å². The summed E-state index contributed by atoms with van der Waals surface area (Å²) in [7, 11) is 0. The Bertz CT molecular complexity index is 664. The molecule has 0 amide bonds. The maximum absolute atomic E-state index is 13.6. The van der Waals surface area contributed by atoms with Crippen molar-refractivity contribution in [1.29, 1.82) is 0 Å². The van der Waals surface area contributed by atoms with Gasteiger partial charge in [-0.05, 0) is 18.2 Å². The maximum atomic E-state index is 13.6. The van der Waals surface area contributed by atoms with Gasteiger partial charge in [0, 0.05) is 17.2 Å². The molecule has 2 rings (SSSR count). The number of ether oxygens (including phenoxy) is 1. The summed E-state index contributed by atoms with van der Waals surface area (Å²) in [6.07, 6.45) is 0. The molecule has 0 saturated heterocycles. The van der Waals surface area contributed by atoms with E-state index in [9.17, 15) is 8.78 Å². The standard InChI is InChI=1S/C14H10ClF2NOS/c15-11-3-1-2-8(13(11)17)7-19-9-4-5-10(14(18)20)12(16)6-9/h1-6H,7H2,(H2,18,20). The molecule has 0 radical (unpaired) electrons. The second-order valence-electron chi connectivity index (χ2n) is 4.01. The fourth-order valence-electron chi connectivity index (χ4n) is 1.61. The Hall–Kier alpha value is -1.72. The Morgan fingerprint density at radius 1 is 1.25 bits per heavy atom. The van der Waals surface area contributed by atoms with Crippen LogP contribution >= 0.6 is 23.8 Å². The smallest absolute Gasteiger partial charge is 0.148 e. The van der Waals surface area contributed by atoms with Crippen LogP contribution in [0.5, 0.6) is 5.75 Å². The monoisotopic (exact) mass is 313 g/mol. The van der Waals surface area contributed by atoms with Gasteiger partial charge in [0.25, 0.3) is 0 Å². The van der Waals surface area contributed by atoms with E-state index in [0.29, 0.717) is 0 Å². The van der Waals surface area contributed by atoms with E-state index in [1.54, 1.807) is 12.1 Å². The zero-order chi connectivity index (χ0) is 14.7. The predicted molar refractivity (Wildman–Crippen MR) is 78.0 cm³/mol. The molecule has 0 spiro atoms. The van der Waals surface area contributed by atoms with Crippen LogP contribution in [0.4, 0.5) is 8.78 Å². The van der Waals surface area contributed by atoms with Crippen LogP contribution in [0.2, 0.25) is 5.02 Å². The number of benzene rings is 2. The Kier molecular flexibility index (Phi) is 4.52. The molecule has 0 atom stereocenters. The number of hydrogen-bond acceptors (Lipinski definition) is 2. The normalized spacial score (nSPS) is 10.3. The SMILES string of the molecule is NC(=S)c1ccc(OCc2cccc(Cl)c2F)cc1F. The summed E-state index contributed by atoms with van der Waals surface area (Å²) in [5, 5.41) is 0.0149. The molecule has 2 nitrogen and oxygen atoms in total. The molecule has 0 aromatic heterocycles. The molecule has 0 aliphatic carbocycles. The van der Waals surface area contributed by atoms with Gasteiger partial charge in [0.1, 0.15) is 29.0 Å². The third-order valence-electron chi connectivity index (χ3n) is 2.63. The number of nitrogens with two attached hydrogens (primary N) is 1. The van der Waals surface area contributed by atoms with Gasteiger partial charge < -0.3 is 10.5 Å². The number of hydrogen-bond donors (Lipinski definition) is 1. The Balaban J connectivity index is 2.13. The van der Waals surface area contributed by atoms with E-state index in [4.69, 9.17) is 34.3 Å². The second kappa shape index (κ2) is 6.15. The number of halogens is 3. The summed E-state index contributed by atoms with van der Waals surface area (Å²) >= 11 is 10.4. The highest BCUT2D eigenvalue weighted by Gasteiger charge is 2.09. The molecule has 0 heterocycles. The van der Waals surface area contributed by atoms with Crippen LogP contribution in [0.25, 0.3) is 0 Å². The third kappa shape index (κ3) is 3.23. The van der Waals surface area contributed by atoms with Crippen molar-refractivity contribution in [2.75, 3.05) is 0 Å². The Morgan fingerprint density at radius 2 is 2.00 bits per heavy atom. The van der Waals surface area contributed by atoms with Gasteiger partial charge in [-0.2, -0.15) is 0 Å². The molecule has 20 heavy (non-hydrogen) atoms. The van der Waals surface area contributed by atoms with Crippen molar-refractivity contribution in [3.63, 3.8) is 0 Å². The molecule has 2 aromatic carbocycles.